The summed E-state index contributed by atoms with van der Waals surface area (Å²) in [5, 5.41) is 10.3. The first-order valence-corrected chi connectivity index (χ1v) is 3.47. The van der Waals surface area contributed by atoms with Crippen LogP contribution in [0.5, 0.6) is 0 Å². The molecule has 4 nitrogen and oxygen atoms in total. The van der Waals surface area contributed by atoms with Crippen LogP contribution in [-0.4, -0.2) is 23.7 Å². The van der Waals surface area contributed by atoms with Gasteiger partial charge >= 0.3 is 0 Å². The number of nitrogens with zero attached hydrogens (tertiary/aromatic N) is 1. The molecular formula is C6H11NO3. The molecule has 0 spiro atoms. The van der Waals surface area contributed by atoms with E-state index < -0.39 is 6.04 Å². The molecule has 2 unspecified atom stereocenters. The van der Waals surface area contributed by atoms with Gasteiger partial charge in [-0.25, -0.2) is 0 Å². The number of hydrogen-bond acceptors (Lipinski definition) is 3. The monoisotopic (exact) mass is 145 g/mol. The summed E-state index contributed by atoms with van der Waals surface area (Å²) in [5.74, 6) is 0. The highest BCUT2D eigenvalue weighted by Crippen LogP contribution is 2.15. The molecule has 0 aromatic heterocycles. The van der Waals surface area contributed by atoms with E-state index in [9.17, 15) is 10.1 Å². The smallest absolute Gasteiger partial charge is 0.238 e. The molecule has 0 aliphatic carbocycles. The van der Waals surface area contributed by atoms with Crippen molar-refractivity contribution in [1.29, 1.82) is 0 Å². The second kappa shape index (κ2) is 2.96. The van der Waals surface area contributed by atoms with Crippen molar-refractivity contribution >= 4 is 0 Å². The van der Waals surface area contributed by atoms with Crippen molar-refractivity contribution < 1.29 is 9.66 Å². The first-order chi connectivity index (χ1) is 4.72. The van der Waals surface area contributed by atoms with Crippen LogP contribution >= 0.6 is 0 Å². The summed E-state index contributed by atoms with van der Waals surface area (Å²) in [5.41, 5.74) is 0. The van der Waals surface area contributed by atoms with E-state index >= 15 is 0 Å². The van der Waals surface area contributed by atoms with E-state index in [0.29, 0.717) is 13.0 Å². The van der Waals surface area contributed by atoms with E-state index in [-0.39, 0.29) is 11.0 Å². The van der Waals surface area contributed by atoms with Crippen LogP contribution in [0.1, 0.15) is 19.8 Å². The molecule has 1 aliphatic heterocycles. The highest BCUT2D eigenvalue weighted by atomic mass is 16.6. The third-order valence-corrected chi connectivity index (χ3v) is 1.84. The van der Waals surface area contributed by atoms with Crippen molar-refractivity contribution in [2.24, 2.45) is 0 Å². The van der Waals surface area contributed by atoms with Gasteiger partial charge in [0, 0.05) is 18.0 Å². The van der Waals surface area contributed by atoms with Crippen LogP contribution in [-0.2, 0) is 4.74 Å². The molecule has 1 rings (SSSR count). The van der Waals surface area contributed by atoms with Gasteiger partial charge in [-0.1, -0.05) is 0 Å². The molecule has 0 aromatic carbocycles. The third-order valence-electron chi connectivity index (χ3n) is 1.84. The predicted molar refractivity (Wildman–Crippen MR) is 35.4 cm³/mol. The van der Waals surface area contributed by atoms with E-state index in [1.54, 1.807) is 6.92 Å². The standard InChI is InChI=1S/C6H11NO3/c1-5-6(7(8)9)3-2-4-10-5/h5-6H,2-4H2,1H3. The van der Waals surface area contributed by atoms with Crippen LogP contribution in [0, 0.1) is 10.1 Å². The average molecular weight is 145 g/mol. The average Bonchev–Trinajstić information content (AvgIpc) is 1.88. The van der Waals surface area contributed by atoms with Gasteiger partial charge in [0.1, 0.15) is 6.10 Å². The van der Waals surface area contributed by atoms with Gasteiger partial charge < -0.3 is 4.74 Å². The van der Waals surface area contributed by atoms with Gasteiger partial charge in [0.25, 0.3) is 0 Å². The molecule has 1 heterocycles. The Morgan fingerprint density at radius 3 is 2.80 bits per heavy atom. The Balaban J connectivity index is 2.47. The van der Waals surface area contributed by atoms with E-state index in [2.05, 4.69) is 0 Å². The second-order valence-electron chi connectivity index (χ2n) is 2.57. The van der Waals surface area contributed by atoms with Gasteiger partial charge in [-0.3, -0.25) is 10.1 Å². The molecule has 0 aromatic rings. The summed E-state index contributed by atoms with van der Waals surface area (Å²) in [6.07, 6.45) is 1.27. The van der Waals surface area contributed by atoms with Crippen molar-refractivity contribution in [3.05, 3.63) is 10.1 Å². The number of hydrogen-bond donors (Lipinski definition) is 0. The summed E-state index contributed by atoms with van der Waals surface area (Å²) in [7, 11) is 0. The van der Waals surface area contributed by atoms with Crippen molar-refractivity contribution in [2.45, 2.75) is 31.9 Å². The van der Waals surface area contributed by atoms with Gasteiger partial charge in [-0.05, 0) is 13.3 Å². The Bertz CT molecular complexity index is 137. The van der Waals surface area contributed by atoms with E-state index in [4.69, 9.17) is 4.74 Å². The minimum Gasteiger partial charge on any atom is -0.371 e. The molecule has 0 radical (unpaired) electrons. The molecule has 0 bridgehead atoms. The van der Waals surface area contributed by atoms with Crippen LogP contribution < -0.4 is 0 Å². The molecule has 1 aliphatic rings. The Hall–Kier alpha value is -0.640. The van der Waals surface area contributed by atoms with E-state index in [1.165, 1.54) is 0 Å². The van der Waals surface area contributed by atoms with Crippen molar-refractivity contribution in [1.82, 2.24) is 0 Å². The maximum absolute atomic E-state index is 10.3. The largest absolute Gasteiger partial charge is 0.371 e. The highest BCUT2D eigenvalue weighted by molar-refractivity contribution is 4.69. The van der Waals surface area contributed by atoms with Crippen LogP contribution in [0.3, 0.4) is 0 Å². The van der Waals surface area contributed by atoms with Gasteiger partial charge in [0.05, 0.1) is 0 Å². The fraction of sp³-hybridized carbons (Fsp3) is 1.00. The Morgan fingerprint density at radius 1 is 1.70 bits per heavy atom. The lowest BCUT2D eigenvalue weighted by atomic mass is 10.1. The highest BCUT2D eigenvalue weighted by Gasteiger charge is 2.31. The molecule has 58 valence electrons. The quantitative estimate of drug-likeness (QED) is 0.405. The second-order valence-corrected chi connectivity index (χ2v) is 2.57. The lowest BCUT2D eigenvalue weighted by molar-refractivity contribution is -0.539. The Labute approximate surface area is 59.3 Å². The fourth-order valence-corrected chi connectivity index (χ4v) is 1.18. The van der Waals surface area contributed by atoms with Crippen molar-refractivity contribution in [3.8, 4) is 0 Å². The molecule has 0 amide bonds. The molecule has 2 atom stereocenters. The molecule has 0 saturated carbocycles. The van der Waals surface area contributed by atoms with Crippen molar-refractivity contribution in [3.63, 3.8) is 0 Å². The third kappa shape index (κ3) is 1.44. The zero-order valence-electron chi connectivity index (χ0n) is 5.95. The fourth-order valence-electron chi connectivity index (χ4n) is 1.18. The number of ether oxygens (including phenoxy) is 1. The maximum atomic E-state index is 10.3. The predicted octanol–water partition coefficient (Wildman–Crippen LogP) is 0.831. The van der Waals surface area contributed by atoms with Crippen LogP contribution in [0.25, 0.3) is 0 Å². The van der Waals surface area contributed by atoms with E-state index in [1.807, 2.05) is 0 Å². The molecule has 1 saturated heterocycles. The minimum absolute atomic E-state index is 0.205. The lowest BCUT2D eigenvalue weighted by Crippen LogP contribution is -2.37. The topological polar surface area (TPSA) is 52.4 Å². The minimum atomic E-state index is -0.478. The summed E-state index contributed by atoms with van der Waals surface area (Å²) in [4.78, 5) is 10.0. The van der Waals surface area contributed by atoms with E-state index in [0.717, 1.165) is 6.42 Å². The Morgan fingerprint density at radius 2 is 2.40 bits per heavy atom. The van der Waals surface area contributed by atoms with Gasteiger partial charge in [-0.2, -0.15) is 0 Å². The zero-order valence-corrected chi connectivity index (χ0v) is 5.95. The number of nitro groups is 1. The first kappa shape index (κ1) is 7.47. The van der Waals surface area contributed by atoms with Gasteiger partial charge in [-0.15, -0.1) is 0 Å². The zero-order chi connectivity index (χ0) is 7.56. The first-order valence-electron chi connectivity index (χ1n) is 3.47. The van der Waals surface area contributed by atoms with Crippen LogP contribution in [0.15, 0.2) is 0 Å². The molecular weight excluding hydrogens is 134 g/mol. The van der Waals surface area contributed by atoms with Crippen LogP contribution in [0.4, 0.5) is 0 Å². The number of rotatable bonds is 1. The van der Waals surface area contributed by atoms with Gasteiger partial charge in [0.15, 0.2) is 0 Å². The van der Waals surface area contributed by atoms with Crippen LogP contribution in [0.2, 0.25) is 0 Å². The lowest BCUT2D eigenvalue weighted by Gasteiger charge is -2.22. The maximum Gasteiger partial charge on any atom is 0.238 e. The normalized spacial score (nSPS) is 33.7. The Kier molecular flexibility index (Phi) is 2.21. The van der Waals surface area contributed by atoms with Crippen molar-refractivity contribution in [2.75, 3.05) is 6.61 Å². The summed E-state index contributed by atoms with van der Waals surface area (Å²) in [6.45, 7) is 2.43. The molecule has 1 fully saturated rings. The molecule has 10 heavy (non-hydrogen) atoms. The summed E-state index contributed by atoms with van der Waals surface area (Å²) >= 11 is 0. The summed E-state index contributed by atoms with van der Waals surface area (Å²) < 4.78 is 5.11. The molecule has 4 heteroatoms. The molecule has 0 N–H and O–H groups in total. The summed E-state index contributed by atoms with van der Waals surface area (Å²) in [6, 6.07) is -0.478. The van der Waals surface area contributed by atoms with Gasteiger partial charge in [0.2, 0.25) is 6.04 Å². The SMILES string of the molecule is CC1OCCCC1[N+](=O)[O-].